The van der Waals surface area contributed by atoms with Gasteiger partial charge in [0.15, 0.2) is 0 Å². The van der Waals surface area contributed by atoms with Gasteiger partial charge in [0.25, 0.3) is 0 Å². The van der Waals surface area contributed by atoms with Crippen LogP contribution in [0.5, 0.6) is 0 Å². The average Bonchev–Trinajstić information content (AvgIpc) is 3.56. The molecule has 3 fully saturated rings. The van der Waals surface area contributed by atoms with E-state index in [2.05, 4.69) is 61.9 Å². The Hall–Kier alpha value is -1.72. The Morgan fingerprint density at radius 3 is 2.52 bits per heavy atom. The number of benzene rings is 1. The number of hydrogen-bond acceptors (Lipinski definition) is 4. The highest BCUT2D eigenvalue weighted by Gasteiger charge is 2.37. The van der Waals surface area contributed by atoms with E-state index in [-0.39, 0.29) is 0 Å². The molecular formula is C20H27N5. The van der Waals surface area contributed by atoms with E-state index in [9.17, 15) is 0 Å². The lowest BCUT2D eigenvalue weighted by atomic mass is 10.0. The molecule has 0 unspecified atom stereocenters. The molecule has 132 valence electrons. The Morgan fingerprint density at radius 1 is 1.00 bits per heavy atom. The molecule has 0 bridgehead atoms. The molecular weight excluding hydrogens is 310 g/mol. The molecule has 2 aromatic rings. The van der Waals surface area contributed by atoms with E-state index in [1.807, 2.05) is 0 Å². The van der Waals surface area contributed by atoms with E-state index in [4.69, 9.17) is 0 Å². The molecule has 5 nitrogen and oxygen atoms in total. The monoisotopic (exact) mass is 337 g/mol. The number of aromatic nitrogens is 3. The highest BCUT2D eigenvalue weighted by atomic mass is 15.3. The van der Waals surface area contributed by atoms with Crippen LogP contribution in [0.15, 0.2) is 30.3 Å². The Kier molecular flexibility index (Phi) is 3.86. The second-order valence-corrected chi connectivity index (χ2v) is 8.01. The zero-order chi connectivity index (χ0) is 16.8. The van der Waals surface area contributed by atoms with E-state index in [0.29, 0.717) is 18.0 Å². The largest absolute Gasteiger partial charge is 0.311 e. The first kappa shape index (κ1) is 15.5. The van der Waals surface area contributed by atoms with Crippen LogP contribution in [-0.4, -0.2) is 51.2 Å². The van der Waals surface area contributed by atoms with Crippen molar-refractivity contribution in [1.82, 2.24) is 24.6 Å². The highest BCUT2D eigenvalue weighted by Crippen LogP contribution is 2.45. The second-order valence-electron chi connectivity index (χ2n) is 8.01. The van der Waals surface area contributed by atoms with Crippen molar-refractivity contribution in [3.05, 3.63) is 47.5 Å². The third kappa shape index (κ3) is 3.11. The van der Waals surface area contributed by atoms with Crippen LogP contribution in [-0.2, 0) is 6.54 Å². The molecule has 2 saturated carbocycles. The van der Waals surface area contributed by atoms with Crippen molar-refractivity contribution < 1.29 is 0 Å². The quantitative estimate of drug-likeness (QED) is 0.840. The van der Waals surface area contributed by atoms with Gasteiger partial charge in [-0.25, -0.2) is 0 Å². The smallest absolute Gasteiger partial charge is 0.147 e. The molecule has 1 saturated heterocycles. The first-order valence-corrected chi connectivity index (χ1v) is 9.71. The maximum absolute atomic E-state index is 4.64. The Labute approximate surface area is 149 Å². The number of nitrogens with zero attached hydrogens (tertiary/aromatic N) is 5. The molecule has 25 heavy (non-hydrogen) atoms. The molecule has 1 atom stereocenters. The molecule has 2 heterocycles. The van der Waals surface area contributed by atoms with E-state index in [0.717, 1.165) is 26.2 Å². The van der Waals surface area contributed by atoms with Crippen molar-refractivity contribution in [2.45, 2.75) is 50.2 Å². The third-order valence-corrected chi connectivity index (χ3v) is 5.87. The van der Waals surface area contributed by atoms with Gasteiger partial charge in [0.2, 0.25) is 0 Å². The Balaban J connectivity index is 1.42. The number of hydrogen-bond donors (Lipinski definition) is 0. The van der Waals surface area contributed by atoms with Crippen LogP contribution in [0.3, 0.4) is 0 Å². The van der Waals surface area contributed by atoms with Crippen molar-refractivity contribution in [3.8, 4) is 0 Å². The maximum Gasteiger partial charge on any atom is 0.147 e. The maximum atomic E-state index is 4.64. The second kappa shape index (κ2) is 6.22. The van der Waals surface area contributed by atoms with Gasteiger partial charge < -0.3 is 9.47 Å². The van der Waals surface area contributed by atoms with Crippen LogP contribution in [0, 0.1) is 0 Å². The normalized spacial score (nSPS) is 25.4. The summed E-state index contributed by atoms with van der Waals surface area (Å²) >= 11 is 0. The molecule has 0 radical (unpaired) electrons. The first-order chi connectivity index (χ1) is 12.3. The van der Waals surface area contributed by atoms with Crippen LogP contribution >= 0.6 is 0 Å². The molecule has 1 aliphatic heterocycles. The van der Waals surface area contributed by atoms with Crippen molar-refractivity contribution in [1.29, 1.82) is 0 Å². The van der Waals surface area contributed by atoms with Crippen LogP contribution in [0.2, 0.25) is 0 Å². The minimum absolute atomic E-state index is 0.439. The first-order valence-electron chi connectivity index (χ1n) is 9.71. The molecule has 1 aromatic carbocycles. The van der Waals surface area contributed by atoms with Crippen LogP contribution in [0.1, 0.15) is 60.9 Å². The molecule has 5 heteroatoms. The third-order valence-electron chi connectivity index (χ3n) is 5.87. The van der Waals surface area contributed by atoms with Gasteiger partial charge in [-0.2, -0.15) is 0 Å². The minimum atomic E-state index is 0.439. The summed E-state index contributed by atoms with van der Waals surface area (Å²) in [7, 11) is 2.23. The van der Waals surface area contributed by atoms with Gasteiger partial charge in [0.1, 0.15) is 11.6 Å². The Morgan fingerprint density at radius 2 is 1.80 bits per heavy atom. The predicted molar refractivity (Wildman–Crippen MR) is 97.4 cm³/mol. The van der Waals surface area contributed by atoms with Crippen LogP contribution in [0.4, 0.5) is 0 Å². The van der Waals surface area contributed by atoms with E-state index in [1.165, 1.54) is 42.9 Å². The lowest BCUT2D eigenvalue weighted by Gasteiger charge is -2.40. The summed E-state index contributed by atoms with van der Waals surface area (Å²) in [5.41, 5.74) is 1.41. The zero-order valence-corrected chi connectivity index (χ0v) is 15.0. The number of rotatable bonds is 5. The van der Waals surface area contributed by atoms with Gasteiger partial charge in [-0.05, 0) is 38.3 Å². The SMILES string of the molecule is CN1CCN(Cc2nnc(C3CC3)n2C2CC2)[C@H](c2ccccc2)C1. The molecule has 2 aliphatic carbocycles. The van der Waals surface area contributed by atoms with Gasteiger partial charge in [-0.1, -0.05) is 30.3 Å². The van der Waals surface area contributed by atoms with Gasteiger partial charge in [0.05, 0.1) is 6.54 Å². The summed E-state index contributed by atoms with van der Waals surface area (Å²) < 4.78 is 2.50. The summed E-state index contributed by atoms with van der Waals surface area (Å²) in [5.74, 6) is 3.14. The standard InChI is InChI=1S/C20H27N5/c1-23-11-12-24(18(13-23)15-5-3-2-4-6-15)14-19-21-22-20(16-7-8-16)25(19)17-9-10-17/h2-6,16-18H,7-14H2,1H3/t18-/m0/s1. The van der Waals surface area contributed by atoms with E-state index < -0.39 is 0 Å². The van der Waals surface area contributed by atoms with Gasteiger partial charge in [-0.15, -0.1) is 10.2 Å². The summed E-state index contributed by atoms with van der Waals surface area (Å²) in [6.45, 7) is 4.21. The fourth-order valence-corrected chi connectivity index (χ4v) is 4.12. The van der Waals surface area contributed by atoms with Crippen LogP contribution in [0.25, 0.3) is 0 Å². The lowest BCUT2D eigenvalue weighted by Crippen LogP contribution is -2.46. The number of likely N-dealkylation sites (N-methyl/N-ethyl adjacent to an activating group) is 1. The fraction of sp³-hybridized carbons (Fsp3) is 0.600. The zero-order valence-electron chi connectivity index (χ0n) is 15.0. The number of piperazine rings is 1. The molecule has 0 amide bonds. The fourth-order valence-electron chi connectivity index (χ4n) is 4.12. The van der Waals surface area contributed by atoms with Crippen molar-refractivity contribution in [2.75, 3.05) is 26.7 Å². The summed E-state index contributed by atoms with van der Waals surface area (Å²) in [4.78, 5) is 5.05. The van der Waals surface area contributed by atoms with E-state index >= 15 is 0 Å². The van der Waals surface area contributed by atoms with Crippen molar-refractivity contribution in [2.24, 2.45) is 0 Å². The van der Waals surface area contributed by atoms with E-state index in [1.54, 1.807) is 0 Å². The molecule has 0 spiro atoms. The minimum Gasteiger partial charge on any atom is -0.311 e. The average molecular weight is 337 g/mol. The topological polar surface area (TPSA) is 37.2 Å². The van der Waals surface area contributed by atoms with Gasteiger partial charge in [0, 0.05) is 37.6 Å². The molecule has 1 aromatic heterocycles. The molecule has 0 N–H and O–H groups in total. The summed E-state index contributed by atoms with van der Waals surface area (Å²) in [6, 6.07) is 12.0. The van der Waals surface area contributed by atoms with Gasteiger partial charge >= 0.3 is 0 Å². The van der Waals surface area contributed by atoms with Crippen LogP contribution < -0.4 is 0 Å². The van der Waals surface area contributed by atoms with Crippen molar-refractivity contribution in [3.63, 3.8) is 0 Å². The molecule has 3 aliphatic rings. The Bertz CT molecular complexity index is 732. The highest BCUT2D eigenvalue weighted by molar-refractivity contribution is 5.20. The predicted octanol–water partition coefficient (Wildman–Crippen LogP) is 2.98. The molecule has 5 rings (SSSR count). The summed E-state index contributed by atoms with van der Waals surface area (Å²) in [6.07, 6.45) is 5.20. The lowest BCUT2D eigenvalue weighted by molar-refractivity contribution is 0.0799. The van der Waals surface area contributed by atoms with Crippen molar-refractivity contribution >= 4 is 0 Å². The summed E-state index contributed by atoms with van der Waals surface area (Å²) in [5, 5.41) is 9.23. The van der Waals surface area contributed by atoms with Gasteiger partial charge in [-0.3, -0.25) is 4.90 Å².